The Morgan fingerprint density at radius 3 is 2.91 bits per heavy atom. The summed E-state index contributed by atoms with van der Waals surface area (Å²) in [7, 11) is 0. The number of aliphatic hydroxyl groups excluding tert-OH is 1. The van der Waals surface area contributed by atoms with Crippen LogP contribution in [0.2, 0.25) is 0 Å². The van der Waals surface area contributed by atoms with E-state index in [0.29, 0.717) is 12.5 Å². The minimum atomic E-state index is 0.0445. The molecule has 5 heteroatoms. The Labute approximate surface area is 132 Å². The van der Waals surface area contributed by atoms with E-state index in [1.165, 1.54) is 37.7 Å². The molecule has 1 amide bonds. The monoisotopic (exact) mass is 305 g/mol. The van der Waals surface area contributed by atoms with Gasteiger partial charge >= 0.3 is 0 Å². The van der Waals surface area contributed by atoms with Gasteiger partial charge in [0.25, 0.3) is 0 Å². The van der Waals surface area contributed by atoms with Gasteiger partial charge in [-0.3, -0.25) is 9.89 Å². The predicted molar refractivity (Wildman–Crippen MR) is 84.3 cm³/mol. The standard InChI is InChI=1S/C17H27N3O2/c21-9-8-20(12-13-4-2-1-3-5-13)17(22)14-6-7-15-11-18-19-16(15)10-14/h11,13-14,21H,1-10,12H2,(H,18,19)/t14-/m0/s1. The predicted octanol–water partition coefficient (Wildman–Crippen LogP) is 1.92. The number of aryl methyl sites for hydroxylation is 1. The van der Waals surface area contributed by atoms with E-state index >= 15 is 0 Å². The van der Waals surface area contributed by atoms with Gasteiger partial charge in [0.2, 0.25) is 5.91 Å². The SMILES string of the molecule is O=C([C@H]1CCc2cn[nH]c2C1)N(CCO)CC1CCCCC1. The first-order valence-corrected chi connectivity index (χ1v) is 8.68. The van der Waals surface area contributed by atoms with E-state index in [2.05, 4.69) is 10.2 Å². The van der Waals surface area contributed by atoms with Crippen molar-refractivity contribution in [1.29, 1.82) is 0 Å². The molecule has 0 radical (unpaired) electrons. The highest BCUT2D eigenvalue weighted by Crippen LogP contribution is 2.28. The second kappa shape index (κ2) is 7.27. The van der Waals surface area contributed by atoms with Gasteiger partial charge in [0.05, 0.1) is 12.8 Å². The largest absolute Gasteiger partial charge is 0.395 e. The lowest BCUT2D eigenvalue weighted by Gasteiger charge is -2.33. The van der Waals surface area contributed by atoms with Gasteiger partial charge in [0.15, 0.2) is 0 Å². The maximum atomic E-state index is 12.9. The first-order valence-electron chi connectivity index (χ1n) is 8.68. The summed E-state index contributed by atoms with van der Waals surface area (Å²) >= 11 is 0. The molecule has 2 N–H and O–H groups in total. The van der Waals surface area contributed by atoms with Gasteiger partial charge in [-0.1, -0.05) is 19.3 Å². The van der Waals surface area contributed by atoms with Crippen molar-refractivity contribution in [2.24, 2.45) is 11.8 Å². The fourth-order valence-electron chi connectivity index (χ4n) is 3.97. The summed E-state index contributed by atoms with van der Waals surface area (Å²) in [6.07, 6.45) is 10.8. The number of aromatic nitrogens is 2. The molecule has 3 rings (SSSR count). The molecule has 1 heterocycles. The summed E-state index contributed by atoms with van der Waals surface area (Å²) < 4.78 is 0. The third kappa shape index (κ3) is 3.51. The van der Waals surface area contributed by atoms with Crippen molar-refractivity contribution in [2.45, 2.75) is 51.4 Å². The number of fused-ring (bicyclic) bond motifs is 1. The molecule has 5 nitrogen and oxygen atoms in total. The van der Waals surface area contributed by atoms with Crippen LogP contribution in [0.15, 0.2) is 6.20 Å². The van der Waals surface area contributed by atoms with Crippen molar-refractivity contribution >= 4 is 5.91 Å². The Morgan fingerprint density at radius 2 is 2.14 bits per heavy atom. The van der Waals surface area contributed by atoms with Crippen LogP contribution in [0.4, 0.5) is 0 Å². The number of hydrogen-bond donors (Lipinski definition) is 2. The van der Waals surface area contributed by atoms with Crippen LogP contribution in [-0.4, -0.2) is 45.8 Å². The number of carbonyl (C=O) groups is 1. The fraction of sp³-hybridized carbons (Fsp3) is 0.765. The van der Waals surface area contributed by atoms with Gasteiger partial charge in [0, 0.05) is 31.1 Å². The smallest absolute Gasteiger partial charge is 0.226 e. The zero-order chi connectivity index (χ0) is 15.4. The number of carbonyl (C=O) groups excluding carboxylic acids is 1. The summed E-state index contributed by atoms with van der Waals surface area (Å²) in [4.78, 5) is 14.8. The molecule has 0 saturated heterocycles. The van der Waals surface area contributed by atoms with Crippen molar-refractivity contribution in [2.75, 3.05) is 19.7 Å². The van der Waals surface area contributed by atoms with Gasteiger partial charge in [-0.2, -0.15) is 5.10 Å². The van der Waals surface area contributed by atoms with E-state index in [9.17, 15) is 9.90 Å². The average Bonchev–Trinajstić information content (AvgIpc) is 3.02. The van der Waals surface area contributed by atoms with Crippen LogP contribution < -0.4 is 0 Å². The topological polar surface area (TPSA) is 69.2 Å². The summed E-state index contributed by atoms with van der Waals surface area (Å²) in [5.74, 6) is 0.888. The third-order valence-electron chi connectivity index (χ3n) is 5.25. The molecule has 2 aliphatic rings. The molecule has 1 aromatic heterocycles. The van der Waals surface area contributed by atoms with E-state index in [1.54, 1.807) is 0 Å². The molecule has 1 saturated carbocycles. The highest BCUT2D eigenvalue weighted by Gasteiger charge is 2.30. The lowest BCUT2D eigenvalue weighted by atomic mass is 9.86. The lowest BCUT2D eigenvalue weighted by molar-refractivity contribution is -0.137. The van der Waals surface area contributed by atoms with Gasteiger partial charge < -0.3 is 10.0 Å². The van der Waals surface area contributed by atoms with E-state index in [1.807, 2.05) is 11.1 Å². The molecular weight excluding hydrogens is 278 g/mol. The van der Waals surface area contributed by atoms with Crippen LogP contribution in [0, 0.1) is 11.8 Å². The zero-order valence-electron chi connectivity index (χ0n) is 13.3. The zero-order valence-corrected chi connectivity index (χ0v) is 13.3. The van der Waals surface area contributed by atoms with Crippen LogP contribution in [0.5, 0.6) is 0 Å². The van der Waals surface area contributed by atoms with E-state index < -0.39 is 0 Å². The molecule has 0 aromatic carbocycles. The molecule has 1 atom stereocenters. The van der Waals surface area contributed by atoms with Gasteiger partial charge in [-0.15, -0.1) is 0 Å². The van der Waals surface area contributed by atoms with E-state index in [4.69, 9.17) is 0 Å². The molecule has 0 bridgehead atoms. The molecule has 122 valence electrons. The van der Waals surface area contributed by atoms with Crippen molar-refractivity contribution in [1.82, 2.24) is 15.1 Å². The number of rotatable bonds is 5. The Bertz CT molecular complexity index is 494. The molecule has 2 aliphatic carbocycles. The van der Waals surface area contributed by atoms with Crippen molar-refractivity contribution < 1.29 is 9.90 Å². The number of nitrogens with one attached hydrogen (secondary N) is 1. The number of aromatic amines is 1. The van der Waals surface area contributed by atoms with Gasteiger partial charge in [0.1, 0.15) is 0 Å². The van der Waals surface area contributed by atoms with Crippen molar-refractivity contribution in [3.8, 4) is 0 Å². The van der Waals surface area contributed by atoms with Crippen LogP contribution in [0.1, 0.15) is 49.8 Å². The Kier molecular flexibility index (Phi) is 5.13. The second-order valence-electron chi connectivity index (χ2n) is 6.83. The summed E-state index contributed by atoms with van der Waals surface area (Å²) in [6, 6.07) is 0. The molecule has 22 heavy (non-hydrogen) atoms. The van der Waals surface area contributed by atoms with Gasteiger partial charge in [-0.05, 0) is 37.2 Å². The molecule has 1 fully saturated rings. The Hall–Kier alpha value is -1.36. The molecule has 0 aliphatic heterocycles. The number of nitrogens with zero attached hydrogens (tertiary/aromatic N) is 2. The lowest BCUT2D eigenvalue weighted by Crippen LogP contribution is -2.42. The normalized spacial score (nSPS) is 22.3. The maximum Gasteiger partial charge on any atom is 0.226 e. The van der Waals surface area contributed by atoms with E-state index in [0.717, 1.165) is 31.5 Å². The number of H-pyrrole nitrogens is 1. The quantitative estimate of drug-likeness (QED) is 0.873. The van der Waals surface area contributed by atoms with Crippen molar-refractivity contribution in [3.63, 3.8) is 0 Å². The van der Waals surface area contributed by atoms with Crippen molar-refractivity contribution in [3.05, 3.63) is 17.5 Å². The highest BCUT2D eigenvalue weighted by molar-refractivity contribution is 5.79. The summed E-state index contributed by atoms with van der Waals surface area (Å²) in [5.41, 5.74) is 2.37. The van der Waals surface area contributed by atoms with Crippen LogP contribution >= 0.6 is 0 Å². The third-order valence-corrected chi connectivity index (χ3v) is 5.25. The molecule has 0 spiro atoms. The number of amides is 1. The Balaban J connectivity index is 1.62. The first kappa shape index (κ1) is 15.5. The van der Waals surface area contributed by atoms with Gasteiger partial charge in [-0.25, -0.2) is 0 Å². The number of hydrogen-bond acceptors (Lipinski definition) is 3. The highest BCUT2D eigenvalue weighted by atomic mass is 16.3. The second-order valence-corrected chi connectivity index (χ2v) is 6.83. The van der Waals surface area contributed by atoms with Crippen LogP contribution in [-0.2, 0) is 17.6 Å². The first-order chi connectivity index (χ1) is 10.8. The minimum absolute atomic E-state index is 0.0445. The molecule has 0 unspecified atom stereocenters. The van der Waals surface area contributed by atoms with Crippen LogP contribution in [0.25, 0.3) is 0 Å². The maximum absolute atomic E-state index is 12.9. The summed E-state index contributed by atoms with van der Waals surface area (Å²) in [5, 5.41) is 16.4. The van der Waals surface area contributed by atoms with Crippen LogP contribution in [0.3, 0.4) is 0 Å². The molecular formula is C17H27N3O2. The molecule has 1 aromatic rings. The number of aliphatic hydroxyl groups is 1. The average molecular weight is 305 g/mol. The minimum Gasteiger partial charge on any atom is -0.395 e. The Morgan fingerprint density at radius 1 is 1.32 bits per heavy atom. The van der Waals surface area contributed by atoms with E-state index in [-0.39, 0.29) is 18.4 Å². The summed E-state index contributed by atoms with van der Waals surface area (Å²) in [6.45, 7) is 1.36. The fourth-order valence-corrected chi connectivity index (χ4v) is 3.97.